The summed E-state index contributed by atoms with van der Waals surface area (Å²) < 4.78 is 10.6. The second-order valence-electron chi connectivity index (χ2n) is 16.2. The average Bonchev–Trinajstić information content (AvgIpc) is 3.28. The van der Waals surface area contributed by atoms with Gasteiger partial charge in [-0.1, -0.05) is 212 Å². The molecule has 0 aromatic rings. The Morgan fingerprint density at radius 2 is 0.694 bits per heavy atom. The van der Waals surface area contributed by atoms with E-state index in [0.717, 1.165) is 109 Å². The molecule has 1 atom stereocenters. The lowest BCUT2D eigenvalue weighted by Crippen LogP contribution is -2.28. The minimum absolute atomic E-state index is 0.0786. The largest absolute Gasteiger partial charge is 0.462 e. The van der Waals surface area contributed by atoms with Crippen molar-refractivity contribution in [3.63, 3.8) is 0 Å². The molecular formula is C57H92O5. The average molecular weight is 857 g/mol. The molecule has 0 rings (SSSR count). The first-order valence-corrected chi connectivity index (χ1v) is 25.1. The number of hydrogen-bond acceptors (Lipinski definition) is 5. The summed E-state index contributed by atoms with van der Waals surface area (Å²) in [6.45, 7) is 3.96. The van der Waals surface area contributed by atoms with Gasteiger partial charge in [-0.25, -0.2) is 0 Å². The third-order valence-electron chi connectivity index (χ3n) is 10.2. The Bertz CT molecular complexity index is 1290. The van der Waals surface area contributed by atoms with Crippen molar-refractivity contribution in [3.05, 3.63) is 122 Å². The fourth-order valence-corrected chi connectivity index (χ4v) is 6.47. The van der Waals surface area contributed by atoms with Crippen molar-refractivity contribution in [3.8, 4) is 0 Å². The van der Waals surface area contributed by atoms with Crippen LogP contribution in [0.25, 0.3) is 0 Å². The standard InChI is InChI=1S/C57H92O5/c1-3-5-7-9-11-13-15-16-17-18-19-20-21-22-23-24-25-26-27-28-29-30-31-32-33-34-35-36-37-38-39-40-42-44-46-48-50-52-57(60)62-55(53-58)54-61-56(59)51-49-47-45-43-41-14-12-10-8-6-4-2/h5,7,10-13,16-17,19-20,22-23,25-26,28-29,31-32,34-35,55,58H,3-4,6,8-9,14-15,18,21,24,27,30,33,36-54H2,1-2H3/b7-5-,12-10-,13-11-,17-16-,20-19-,23-22-,26-25-,29-28-,32-31-,35-34-. The van der Waals surface area contributed by atoms with E-state index < -0.39 is 6.10 Å². The summed E-state index contributed by atoms with van der Waals surface area (Å²) in [6, 6.07) is 0. The lowest BCUT2D eigenvalue weighted by molar-refractivity contribution is -0.161. The lowest BCUT2D eigenvalue weighted by Gasteiger charge is -2.15. The molecule has 0 radical (unpaired) electrons. The predicted octanol–water partition coefficient (Wildman–Crippen LogP) is 16.7. The molecule has 62 heavy (non-hydrogen) atoms. The molecule has 5 nitrogen and oxygen atoms in total. The van der Waals surface area contributed by atoms with E-state index in [9.17, 15) is 14.7 Å². The molecule has 1 unspecified atom stereocenters. The first-order valence-electron chi connectivity index (χ1n) is 25.1. The molecule has 350 valence electrons. The Morgan fingerprint density at radius 1 is 0.387 bits per heavy atom. The van der Waals surface area contributed by atoms with E-state index in [1.54, 1.807) is 0 Å². The number of ether oxygens (including phenoxy) is 2. The second kappa shape index (κ2) is 51.6. The Morgan fingerprint density at radius 3 is 1.06 bits per heavy atom. The van der Waals surface area contributed by atoms with E-state index in [1.807, 2.05) is 0 Å². The molecule has 1 N–H and O–H groups in total. The molecule has 0 spiro atoms. The van der Waals surface area contributed by atoms with Gasteiger partial charge in [0.2, 0.25) is 0 Å². The maximum absolute atomic E-state index is 12.2. The van der Waals surface area contributed by atoms with Gasteiger partial charge in [0.25, 0.3) is 0 Å². The van der Waals surface area contributed by atoms with Gasteiger partial charge in [0.1, 0.15) is 6.61 Å². The van der Waals surface area contributed by atoms with Crippen molar-refractivity contribution in [2.75, 3.05) is 13.2 Å². The van der Waals surface area contributed by atoms with Crippen LogP contribution >= 0.6 is 0 Å². The number of hydrogen-bond donors (Lipinski definition) is 1. The smallest absolute Gasteiger partial charge is 0.306 e. The first-order chi connectivity index (χ1) is 30.6. The highest BCUT2D eigenvalue weighted by Crippen LogP contribution is 2.13. The Labute approximate surface area is 382 Å². The zero-order valence-corrected chi connectivity index (χ0v) is 39.8. The minimum Gasteiger partial charge on any atom is -0.462 e. The highest BCUT2D eigenvalue weighted by Gasteiger charge is 2.16. The predicted molar refractivity (Wildman–Crippen MR) is 269 cm³/mol. The molecule has 0 amide bonds. The molecule has 0 saturated carbocycles. The maximum Gasteiger partial charge on any atom is 0.306 e. The number of unbranched alkanes of at least 4 members (excludes halogenated alkanes) is 16. The van der Waals surface area contributed by atoms with Gasteiger partial charge in [0.05, 0.1) is 6.61 Å². The van der Waals surface area contributed by atoms with Gasteiger partial charge in [0.15, 0.2) is 6.10 Å². The van der Waals surface area contributed by atoms with Gasteiger partial charge in [-0.15, -0.1) is 0 Å². The van der Waals surface area contributed by atoms with Crippen LogP contribution in [0.2, 0.25) is 0 Å². The summed E-state index contributed by atoms with van der Waals surface area (Å²) in [5.41, 5.74) is 0. The number of carbonyl (C=O) groups excluding carboxylic acids is 2. The van der Waals surface area contributed by atoms with Gasteiger partial charge in [-0.2, -0.15) is 0 Å². The van der Waals surface area contributed by atoms with Crippen LogP contribution in [-0.4, -0.2) is 36.4 Å². The van der Waals surface area contributed by atoms with Crippen LogP contribution in [0.5, 0.6) is 0 Å². The number of aliphatic hydroxyl groups excluding tert-OH is 1. The van der Waals surface area contributed by atoms with Crippen LogP contribution in [-0.2, 0) is 19.1 Å². The summed E-state index contributed by atoms with van der Waals surface area (Å²) in [5, 5.41) is 9.58. The maximum atomic E-state index is 12.2. The molecule has 0 aliphatic heterocycles. The second-order valence-corrected chi connectivity index (χ2v) is 16.2. The van der Waals surface area contributed by atoms with Gasteiger partial charge in [0, 0.05) is 12.8 Å². The van der Waals surface area contributed by atoms with E-state index >= 15 is 0 Å². The fraction of sp³-hybridized carbons (Fsp3) is 0.614. The van der Waals surface area contributed by atoms with Gasteiger partial charge < -0.3 is 14.6 Å². The Balaban J connectivity index is 3.60. The number of allylic oxidation sites excluding steroid dienone is 20. The van der Waals surface area contributed by atoms with Gasteiger partial charge >= 0.3 is 11.9 Å². The summed E-state index contributed by atoms with van der Waals surface area (Å²) >= 11 is 0. The quantitative estimate of drug-likeness (QED) is 0.0375. The number of carbonyl (C=O) groups is 2. The van der Waals surface area contributed by atoms with Crippen LogP contribution in [0.15, 0.2) is 122 Å². The summed E-state index contributed by atoms with van der Waals surface area (Å²) in [7, 11) is 0. The van der Waals surface area contributed by atoms with Crippen molar-refractivity contribution in [2.24, 2.45) is 0 Å². The zero-order valence-electron chi connectivity index (χ0n) is 39.8. The van der Waals surface area contributed by atoms with Crippen LogP contribution < -0.4 is 0 Å². The number of aliphatic hydroxyl groups is 1. The van der Waals surface area contributed by atoms with Crippen LogP contribution in [0.1, 0.15) is 206 Å². The van der Waals surface area contributed by atoms with Crippen LogP contribution in [0, 0.1) is 0 Å². The molecule has 0 bridgehead atoms. The zero-order chi connectivity index (χ0) is 44.9. The van der Waals surface area contributed by atoms with Crippen molar-refractivity contribution >= 4 is 11.9 Å². The molecule has 0 fully saturated rings. The molecule has 0 aromatic carbocycles. The normalized spacial score (nSPS) is 13.3. The molecule has 5 heteroatoms. The van der Waals surface area contributed by atoms with E-state index in [-0.39, 0.29) is 25.2 Å². The topological polar surface area (TPSA) is 72.8 Å². The molecule has 0 heterocycles. The van der Waals surface area contributed by atoms with Crippen LogP contribution in [0.4, 0.5) is 0 Å². The molecule has 0 saturated heterocycles. The van der Waals surface area contributed by atoms with E-state index in [4.69, 9.17) is 9.47 Å². The summed E-state index contributed by atoms with van der Waals surface area (Å²) in [6.07, 6.45) is 75.8. The molecule has 0 aromatic heterocycles. The van der Waals surface area contributed by atoms with Gasteiger partial charge in [-0.05, 0) is 103 Å². The summed E-state index contributed by atoms with van der Waals surface area (Å²) in [4.78, 5) is 24.3. The molecule has 0 aliphatic rings. The number of esters is 2. The summed E-state index contributed by atoms with van der Waals surface area (Å²) in [5.74, 6) is -0.617. The van der Waals surface area contributed by atoms with Crippen LogP contribution in [0.3, 0.4) is 0 Å². The number of rotatable bonds is 44. The highest BCUT2D eigenvalue weighted by molar-refractivity contribution is 5.70. The van der Waals surface area contributed by atoms with Crippen molar-refractivity contribution in [1.82, 2.24) is 0 Å². The highest BCUT2D eigenvalue weighted by atomic mass is 16.6. The van der Waals surface area contributed by atoms with Crippen molar-refractivity contribution in [2.45, 2.75) is 213 Å². The van der Waals surface area contributed by atoms with Gasteiger partial charge in [-0.3, -0.25) is 9.59 Å². The third kappa shape index (κ3) is 49.0. The monoisotopic (exact) mass is 857 g/mol. The first kappa shape index (κ1) is 58.3. The Kier molecular flexibility index (Phi) is 48.6. The fourth-order valence-electron chi connectivity index (χ4n) is 6.47. The third-order valence-corrected chi connectivity index (χ3v) is 10.2. The Hall–Kier alpha value is -3.70. The van der Waals surface area contributed by atoms with E-state index in [0.29, 0.717) is 12.8 Å². The SMILES string of the molecule is CC/C=C\C/C=C\C/C=C\C/C=C\C/C=C\C/C=C\C/C=C\C/C=C\C/C=C\CCCCCCCCCCCC(=O)OC(CO)COC(=O)CCCCCCC/C=C\CCCC. The van der Waals surface area contributed by atoms with E-state index in [2.05, 4.69) is 135 Å². The van der Waals surface area contributed by atoms with Crippen molar-refractivity contribution in [1.29, 1.82) is 0 Å². The molecular weight excluding hydrogens is 765 g/mol. The minimum atomic E-state index is -0.784. The molecule has 0 aliphatic carbocycles. The lowest BCUT2D eigenvalue weighted by atomic mass is 10.1. The van der Waals surface area contributed by atoms with E-state index in [1.165, 1.54) is 70.6 Å². The van der Waals surface area contributed by atoms with Crippen molar-refractivity contribution < 1.29 is 24.2 Å².